The second-order valence-corrected chi connectivity index (χ2v) is 4.31. The van der Waals surface area contributed by atoms with Crippen molar-refractivity contribution < 1.29 is 9.53 Å². The number of pyridine rings is 1. The van der Waals surface area contributed by atoms with Gasteiger partial charge in [-0.25, -0.2) is 0 Å². The van der Waals surface area contributed by atoms with Gasteiger partial charge in [0.1, 0.15) is 0 Å². The van der Waals surface area contributed by atoms with Crippen LogP contribution in [0, 0.1) is 6.92 Å². The second-order valence-electron chi connectivity index (χ2n) is 4.31. The molecule has 19 heavy (non-hydrogen) atoms. The number of benzene rings is 1. The van der Waals surface area contributed by atoms with Crippen molar-refractivity contribution in [2.75, 3.05) is 18.5 Å². The summed E-state index contributed by atoms with van der Waals surface area (Å²) in [5.74, 6) is -0.176. The Balaban J connectivity index is 2.10. The van der Waals surface area contributed by atoms with E-state index in [4.69, 9.17) is 4.74 Å². The predicted octanol–water partition coefficient (Wildman–Crippen LogP) is 2.91. The number of esters is 1. The van der Waals surface area contributed by atoms with Gasteiger partial charge in [-0.1, -0.05) is 18.2 Å². The number of carbonyl (C=O) groups excluding carboxylic acids is 1. The van der Waals surface area contributed by atoms with Crippen molar-refractivity contribution in [3.8, 4) is 0 Å². The van der Waals surface area contributed by atoms with E-state index in [-0.39, 0.29) is 5.97 Å². The van der Waals surface area contributed by atoms with Gasteiger partial charge >= 0.3 is 5.97 Å². The summed E-state index contributed by atoms with van der Waals surface area (Å²) in [5, 5.41) is 4.34. The Morgan fingerprint density at radius 3 is 2.95 bits per heavy atom. The number of hydrogen-bond acceptors (Lipinski definition) is 4. The molecule has 0 amide bonds. The maximum Gasteiger partial charge on any atom is 0.307 e. The fourth-order valence-electron chi connectivity index (χ4n) is 1.99. The molecule has 0 saturated heterocycles. The van der Waals surface area contributed by atoms with Gasteiger partial charge in [-0.15, -0.1) is 0 Å². The van der Waals surface area contributed by atoms with Gasteiger partial charge in [-0.05, 0) is 26.0 Å². The van der Waals surface area contributed by atoms with Crippen molar-refractivity contribution in [1.29, 1.82) is 0 Å². The summed E-state index contributed by atoms with van der Waals surface area (Å²) in [6.45, 7) is 4.76. The van der Waals surface area contributed by atoms with Gasteiger partial charge < -0.3 is 10.1 Å². The van der Waals surface area contributed by atoms with Crippen LogP contribution < -0.4 is 5.32 Å². The first-order chi connectivity index (χ1) is 9.20. The number of aromatic nitrogens is 1. The number of carbonyl (C=O) groups is 1. The van der Waals surface area contributed by atoms with Crippen LogP contribution in [-0.2, 0) is 9.53 Å². The summed E-state index contributed by atoms with van der Waals surface area (Å²) in [7, 11) is 0. The summed E-state index contributed by atoms with van der Waals surface area (Å²) in [5.41, 5.74) is 2.92. The zero-order valence-corrected chi connectivity index (χ0v) is 11.3. The zero-order valence-electron chi connectivity index (χ0n) is 11.3. The number of rotatable bonds is 5. The Morgan fingerprint density at radius 1 is 1.37 bits per heavy atom. The quantitative estimate of drug-likeness (QED) is 0.838. The zero-order chi connectivity index (χ0) is 13.7. The Hall–Kier alpha value is -2.10. The van der Waals surface area contributed by atoms with Crippen molar-refractivity contribution >= 4 is 22.6 Å². The standard InChI is InChI=1S/C15H18N2O2/c1-3-19-15(18)8-9-16-14-10-11(2)17-13-7-5-4-6-12(13)14/h4-7,10H,3,8-9H2,1-2H3,(H,16,17). The number of anilines is 1. The average molecular weight is 258 g/mol. The third kappa shape index (κ3) is 3.44. The molecule has 0 aliphatic heterocycles. The summed E-state index contributed by atoms with van der Waals surface area (Å²) in [4.78, 5) is 15.8. The average Bonchev–Trinajstić information content (AvgIpc) is 2.38. The van der Waals surface area contributed by atoms with E-state index in [0.717, 1.165) is 22.3 Å². The van der Waals surface area contributed by atoms with Gasteiger partial charge in [0.05, 0.1) is 18.5 Å². The molecular formula is C15H18N2O2. The third-order valence-corrected chi connectivity index (χ3v) is 2.79. The molecule has 1 aromatic heterocycles. The van der Waals surface area contributed by atoms with Crippen molar-refractivity contribution in [3.63, 3.8) is 0 Å². The maximum atomic E-state index is 11.3. The largest absolute Gasteiger partial charge is 0.466 e. The van der Waals surface area contributed by atoms with E-state index < -0.39 is 0 Å². The molecule has 0 spiro atoms. The lowest BCUT2D eigenvalue weighted by atomic mass is 10.1. The summed E-state index contributed by atoms with van der Waals surface area (Å²) in [6.07, 6.45) is 0.365. The van der Waals surface area contributed by atoms with Gasteiger partial charge in [0.15, 0.2) is 0 Å². The first-order valence-corrected chi connectivity index (χ1v) is 6.46. The lowest BCUT2D eigenvalue weighted by Crippen LogP contribution is -2.11. The molecule has 0 fully saturated rings. The van der Waals surface area contributed by atoms with Crippen molar-refractivity contribution in [2.45, 2.75) is 20.3 Å². The highest BCUT2D eigenvalue weighted by molar-refractivity contribution is 5.91. The van der Waals surface area contributed by atoms with Crippen LogP contribution >= 0.6 is 0 Å². The molecule has 1 N–H and O–H groups in total. The molecule has 1 aromatic carbocycles. The fraction of sp³-hybridized carbons (Fsp3) is 0.333. The van der Waals surface area contributed by atoms with Crippen LogP contribution in [0.25, 0.3) is 10.9 Å². The normalized spacial score (nSPS) is 10.4. The Morgan fingerprint density at radius 2 is 2.16 bits per heavy atom. The van der Waals surface area contributed by atoms with Crippen LogP contribution in [-0.4, -0.2) is 24.1 Å². The molecule has 0 aliphatic carbocycles. The van der Waals surface area contributed by atoms with Gasteiger partial charge in [0, 0.05) is 23.3 Å². The molecule has 0 saturated carbocycles. The van der Waals surface area contributed by atoms with Crippen LogP contribution in [0.2, 0.25) is 0 Å². The number of para-hydroxylation sites is 1. The number of ether oxygens (including phenoxy) is 1. The molecule has 0 radical (unpaired) electrons. The Bertz CT molecular complexity index is 581. The number of nitrogens with one attached hydrogen (secondary N) is 1. The third-order valence-electron chi connectivity index (χ3n) is 2.79. The summed E-state index contributed by atoms with van der Waals surface area (Å²) >= 11 is 0. The van der Waals surface area contributed by atoms with E-state index in [1.165, 1.54) is 0 Å². The maximum absolute atomic E-state index is 11.3. The molecular weight excluding hydrogens is 240 g/mol. The van der Waals surface area contributed by atoms with Crippen molar-refractivity contribution in [3.05, 3.63) is 36.0 Å². The number of nitrogens with zero attached hydrogens (tertiary/aromatic N) is 1. The van der Waals surface area contributed by atoms with E-state index in [1.807, 2.05) is 44.2 Å². The number of aryl methyl sites for hydroxylation is 1. The lowest BCUT2D eigenvalue weighted by molar-refractivity contribution is -0.142. The molecule has 1 heterocycles. The number of fused-ring (bicyclic) bond motifs is 1. The smallest absolute Gasteiger partial charge is 0.307 e. The molecule has 4 nitrogen and oxygen atoms in total. The minimum atomic E-state index is -0.176. The number of hydrogen-bond donors (Lipinski definition) is 1. The van der Waals surface area contributed by atoms with Crippen LogP contribution in [0.4, 0.5) is 5.69 Å². The van der Waals surface area contributed by atoms with Crippen molar-refractivity contribution in [1.82, 2.24) is 4.98 Å². The topological polar surface area (TPSA) is 51.2 Å². The van der Waals surface area contributed by atoms with E-state index in [2.05, 4.69) is 10.3 Å². The van der Waals surface area contributed by atoms with Crippen LogP contribution in [0.5, 0.6) is 0 Å². The Kier molecular flexibility index (Phi) is 4.34. The molecule has 0 bridgehead atoms. The van der Waals surface area contributed by atoms with Gasteiger partial charge in [-0.2, -0.15) is 0 Å². The molecule has 4 heteroatoms. The van der Waals surface area contributed by atoms with Gasteiger partial charge in [0.25, 0.3) is 0 Å². The van der Waals surface area contributed by atoms with E-state index >= 15 is 0 Å². The first kappa shape index (κ1) is 13.3. The molecule has 2 rings (SSSR count). The fourth-order valence-corrected chi connectivity index (χ4v) is 1.99. The summed E-state index contributed by atoms with van der Waals surface area (Å²) in [6, 6.07) is 9.95. The monoisotopic (exact) mass is 258 g/mol. The molecule has 0 atom stereocenters. The highest BCUT2D eigenvalue weighted by atomic mass is 16.5. The Labute approximate surface area is 112 Å². The first-order valence-electron chi connectivity index (χ1n) is 6.46. The van der Waals surface area contributed by atoms with Gasteiger partial charge in [0.2, 0.25) is 0 Å². The minimum absolute atomic E-state index is 0.176. The van der Waals surface area contributed by atoms with E-state index in [1.54, 1.807) is 0 Å². The molecule has 0 unspecified atom stereocenters. The lowest BCUT2D eigenvalue weighted by Gasteiger charge is -2.10. The molecule has 100 valence electrons. The summed E-state index contributed by atoms with van der Waals surface area (Å²) < 4.78 is 4.90. The second kappa shape index (κ2) is 6.18. The highest BCUT2D eigenvalue weighted by Gasteiger charge is 2.05. The van der Waals surface area contributed by atoms with Crippen LogP contribution in [0.3, 0.4) is 0 Å². The van der Waals surface area contributed by atoms with Crippen LogP contribution in [0.1, 0.15) is 19.0 Å². The van der Waals surface area contributed by atoms with E-state index in [9.17, 15) is 4.79 Å². The minimum Gasteiger partial charge on any atom is -0.466 e. The molecule has 0 aliphatic rings. The predicted molar refractivity (Wildman–Crippen MR) is 76.2 cm³/mol. The molecule has 2 aromatic rings. The van der Waals surface area contributed by atoms with Crippen molar-refractivity contribution in [2.24, 2.45) is 0 Å². The van der Waals surface area contributed by atoms with E-state index in [0.29, 0.717) is 19.6 Å². The SMILES string of the molecule is CCOC(=O)CCNc1cc(C)nc2ccccc12. The van der Waals surface area contributed by atoms with Gasteiger partial charge in [-0.3, -0.25) is 9.78 Å². The highest BCUT2D eigenvalue weighted by Crippen LogP contribution is 2.22. The van der Waals surface area contributed by atoms with Crippen LogP contribution in [0.15, 0.2) is 30.3 Å².